The minimum atomic E-state index is -4.85. The molecule has 1 unspecified atom stereocenters. The normalized spacial score (nSPS) is 15.5. The Hall–Kier alpha value is -2.43. The van der Waals surface area contributed by atoms with E-state index in [0.717, 1.165) is 30.5 Å². The predicted molar refractivity (Wildman–Crippen MR) is 125 cm³/mol. The average Bonchev–Trinajstić information content (AvgIpc) is 2.71. The zero-order valence-corrected chi connectivity index (χ0v) is 19.9. The first kappa shape index (κ1) is 27.6. The van der Waals surface area contributed by atoms with Gasteiger partial charge in [0.25, 0.3) is 0 Å². The molecule has 0 saturated heterocycles. The van der Waals surface area contributed by atoms with Gasteiger partial charge in [0.1, 0.15) is 5.82 Å². The Morgan fingerprint density at radius 3 is 2.25 bits per heavy atom. The van der Waals surface area contributed by atoms with Crippen molar-refractivity contribution in [2.45, 2.75) is 79.3 Å². The second-order valence-electron chi connectivity index (χ2n) is 8.08. The van der Waals surface area contributed by atoms with E-state index in [1.54, 1.807) is 32.1 Å². The molecule has 1 nitrogen and oxygen atoms in total. The van der Waals surface area contributed by atoms with Crippen LogP contribution in [-0.4, -0.2) is 12.5 Å². The van der Waals surface area contributed by atoms with Gasteiger partial charge in [-0.3, -0.25) is 4.79 Å². The van der Waals surface area contributed by atoms with Gasteiger partial charge in [-0.1, -0.05) is 64.0 Å². The van der Waals surface area contributed by atoms with Gasteiger partial charge in [0.05, 0.1) is 5.57 Å². The monoisotopic (exact) mass is 450 g/mol. The van der Waals surface area contributed by atoms with E-state index in [4.69, 9.17) is 0 Å². The molecule has 176 valence electrons. The molecule has 1 aromatic carbocycles. The molecule has 1 rings (SSSR count). The van der Waals surface area contributed by atoms with Crippen molar-refractivity contribution in [2.24, 2.45) is 0 Å². The number of hydrogen-bond acceptors (Lipinski definition) is 1. The molecule has 0 N–H and O–H groups in total. The van der Waals surface area contributed by atoms with Crippen molar-refractivity contribution < 1.29 is 22.4 Å². The Morgan fingerprint density at radius 2 is 1.75 bits per heavy atom. The minimum Gasteiger partial charge on any atom is -0.298 e. The van der Waals surface area contributed by atoms with Gasteiger partial charge in [0.15, 0.2) is 6.29 Å². The van der Waals surface area contributed by atoms with Crippen LogP contribution in [0.15, 0.2) is 58.7 Å². The quantitative estimate of drug-likeness (QED) is 0.151. The number of hydrogen-bond donors (Lipinski definition) is 0. The van der Waals surface area contributed by atoms with Crippen molar-refractivity contribution in [1.29, 1.82) is 0 Å². The maximum Gasteiger partial charge on any atom is 0.417 e. The molecule has 0 spiro atoms. The number of allylic oxidation sites excluding steroid dienone is 8. The molecular formula is C27H34F4O. The lowest BCUT2D eigenvalue weighted by atomic mass is 9.85. The minimum absolute atomic E-state index is 0.198. The largest absolute Gasteiger partial charge is 0.417 e. The Balaban J connectivity index is 4.08. The maximum absolute atomic E-state index is 14.4. The van der Waals surface area contributed by atoms with Crippen molar-refractivity contribution in [3.8, 4) is 0 Å². The van der Waals surface area contributed by atoms with Gasteiger partial charge in [0.2, 0.25) is 0 Å². The van der Waals surface area contributed by atoms with E-state index in [1.165, 1.54) is 6.07 Å². The van der Waals surface area contributed by atoms with Crippen LogP contribution in [0.2, 0.25) is 0 Å². The number of aldehydes is 1. The number of carbonyl (C=O) groups excluding carboxylic acids is 1. The fraction of sp³-hybridized carbons (Fsp3) is 0.444. The summed E-state index contributed by atoms with van der Waals surface area (Å²) in [6.07, 6.45) is 3.40. The summed E-state index contributed by atoms with van der Waals surface area (Å²) < 4.78 is 57.5. The summed E-state index contributed by atoms with van der Waals surface area (Å²) in [6, 6.07) is 3.44. The summed E-state index contributed by atoms with van der Waals surface area (Å²) in [5.74, 6) is -1.01. The van der Waals surface area contributed by atoms with Crippen LogP contribution in [-0.2, 0) is 4.79 Å². The SMILES string of the molecule is CC\C=C(C)/C(=C\C=C(\C)CCC)C(/C=O)=C(/c1cc(F)ccc1C(C)CC)C(F)(F)F. The van der Waals surface area contributed by atoms with Crippen molar-refractivity contribution in [3.63, 3.8) is 0 Å². The first-order valence-electron chi connectivity index (χ1n) is 11.1. The van der Waals surface area contributed by atoms with Crippen LogP contribution in [0.4, 0.5) is 17.6 Å². The third-order valence-electron chi connectivity index (χ3n) is 5.50. The lowest BCUT2D eigenvalue weighted by Gasteiger charge is -2.22. The predicted octanol–water partition coefficient (Wildman–Crippen LogP) is 8.88. The van der Waals surface area contributed by atoms with E-state index in [1.807, 2.05) is 27.7 Å². The number of benzene rings is 1. The molecule has 0 radical (unpaired) electrons. The van der Waals surface area contributed by atoms with Gasteiger partial charge in [-0.25, -0.2) is 4.39 Å². The summed E-state index contributed by atoms with van der Waals surface area (Å²) in [4.78, 5) is 12.2. The van der Waals surface area contributed by atoms with Crippen LogP contribution in [0.3, 0.4) is 0 Å². The molecule has 1 aromatic rings. The molecule has 5 heteroatoms. The van der Waals surface area contributed by atoms with Crippen molar-refractivity contribution in [1.82, 2.24) is 0 Å². The van der Waals surface area contributed by atoms with Crippen LogP contribution in [0, 0.1) is 5.82 Å². The van der Waals surface area contributed by atoms with Crippen molar-refractivity contribution >= 4 is 11.9 Å². The summed E-state index contributed by atoms with van der Waals surface area (Å²) in [5.41, 5.74) is 0.282. The smallest absolute Gasteiger partial charge is 0.298 e. The average molecular weight is 451 g/mol. The number of alkyl halides is 3. The fourth-order valence-corrected chi connectivity index (χ4v) is 3.66. The first-order chi connectivity index (χ1) is 15.0. The zero-order chi connectivity index (χ0) is 24.5. The van der Waals surface area contributed by atoms with E-state index >= 15 is 0 Å². The maximum atomic E-state index is 14.4. The summed E-state index contributed by atoms with van der Waals surface area (Å²) in [7, 11) is 0. The van der Waals surface area contributed by atoms with E-state index in [2.05, 4.69) is 0 Å². The number of halogens is 4. The van der Waals surface area contributed by atoms with Gasteiger partial charge in [-0.15, -0.1) is 0 Å². The van der Waals surface area contributed by atoms with Crippen LogP contribution in [0.5, 0.6) is 0 Å². The third kappa shape index (κ3) is 7.32. The molecule has 0 saturated carbocycles. The molecule has 0 heterocycles. The Labute approximate surface area is 189 Å². The van der Waals surface area contributed by atoms with Crippen molar-refractivity contribution in [3.05, 3.63) is 75.7 Å². The molecule has 0 aliphatic heterocycles. The molecule has 0 amide bonds. The zero-order valence-electron chi connectivity index (χ0n) is 19.9. The van der Waals surface area contributed by atoms with Gasteiger partial charge in [0, 0.05) is 5.57 Å². The highest BCUT2D eigenvalue weighted by molar-refractivity contribution is 5.97. The molecule has 0 fully saturated rings. The third-order valence-corrected chi connectivity index (χ3v) is 5.50. The van der Waals surface area contributed by atoms with E-state index in [-0.39, 0.29) is 23.3 Å². The summed E-state index contributed by atoms with van der Waals surface area (Å²) in [6.45, 7) is 11.1. The molecule has 32 heavy (non-hydrogen) atoms. The first-order valence-corrected chi connectivity index (χ1v) is 11.1. The Kier molecular flexibility index (Phi) is 10.8. The van der Waals surface area contributed by atoms with Crippen molar-refractivity contribution in [2.75, 3.05) is 0 Å². The molecule has 0 aliphatic rings. The summed E-state index contributed by atoms with van der Waals surface area (Å²) >= 11 is 0. The van der Waals surface area contributed by atoms with E-state index in [9.17, 15) is 22.4 Å². The summed E-state index contributed by atoms with van der Waals surface area (Å²) in [5, 5.41) is 0. The molecule has 0 aromatic heterocycles. The Morgan fingerprint density at radius 1 is 1.09 bits per heavy atom. The molecule has 0 aliphatic carbocycles. The lowest BCUT2D eigenvalue weighted by Crippen LogP contribution is -2.17. The highest BCUT2D eigenvalue weighted by Crippen LogP contribution is 2.42. The fourth-order valence-electron chi connectivity index (χ4n) is 3.66. The number of carbonyl (C=O) groups is 1. The van der Waals surface area contributed by atoms with Crippen LogP contribution in [0.1, 0.15) is 84.3 Å². The van der Waals surface area contributed by atoms with Crippen LogP contribution < -0.4 is 0 Å². The van der Waals surface area contributed by atoms with Gasteiger partial charge in [-0.2, -0.15) is 13.2 Å². The van der Waals surface area contributed by atoms with E-state index < -0.39 is 23.1 Å². The number of rotatable bonds is 10. The van der Waals surface area contributed by atoms with Gasteiger partial charge >= 0.3 is 6.18 Å². The second-order valence-corrected chi connectivity index (χ2v) is 8.08. The highest BCUT2D eigenvalue weighted by Gasteiger charge is 2.40. The van der Waals surface area contributed by atoms with Crippen LogP contribution in [0.25, 0.3) is 5.57 Å². The topological polar surface area (TPSA) is 17.1 Å². The lowest BCUT2D eigenvalue weighted by molar-refractivity contribution is -0.105. The van der Waals surface area contributed by atoms with Crippen LogP contribution >= 0.6 is 0 Å². The highest BCUT2D eigenvalue weighted by atomic mass is 19.4. The van der Waals surface area contributed by atoms with Gasteiger partial charge < -0.3 is 0 Å². The Bertz CT molecular complexity index is 914. The standard InChI is InChI=1S/C27H34F4O/c1-7-10-18(4)12-14-23(20(6)11-8-2)25(17-32)26(27(29,30)31)24-16-21(28)13-15-22(24)19(5)9-3/h11-17,19H,7-10H2,1-6H3/b18-12-,20-11-,23-14+,26-25-. The second kappa shape index (κ2) is 12.6. The molecular weight excluding hydrogens is 416 g/mol. The van der Waals surface area contributed by atoms with Gasteiger partial charge in [-0.05, 0) is 73.4 Å². The van der Waals surface area contributed by atoms with E-state index in [0.29, 0.717) is 24.0 Å². The molecule has 0 bridgehead atoms. The molecule has 1 atom stereocenters.